The molecular formula is C31H34N2O10S3. The normalized spacial score (nSPS) is 11.2. The first kappa shape index (κ1) is 37.9. The Kier molecular flexibility index (Phi) is 13.1. The van der Waals surface area contributed by atoms with Gasteiger partial charge >= 0.3 is 2.85 Å². The molecule has 2 aliphatic heterocycles. The zero-order valence-electron chi connectivity index (χ0n) is 27.5. The van der Waals surface area contributed by atoms with Gasteiger partial charge in [-0.25, -0.2) is 21.8 Å². The van der Waals surface area contributed by atoms with Crippen molar-refractivity contribution >= 4 is 30.4 Å². The van der Waals surface area contributed by atoms with Crippen LogP contribution in [0, 0.1) is 27.7 Å². The largest absolute Gasteiger partial charge is 1.00 e. The Balaban J connectivity index is 0.000000607. The van der Waals surface area contributed by atoms with E-state index in [2.05, 4.69) is 4.98 Å². The minimum Gasteiger partial charge on any atom is -0.744 e. The molecule has 2 aliphatic rings. The van der Waals surface area contributed by atoms with Crippen LogP contribution in [0.25, 0.3) is 11.3 Å². The monoisotopic (exact) mass is 690 g/mol. The quantitative estimate of drug-likeness (QED) is 0.262. The lowest BCUT2D eigenvalue weighted by molar-refractivity contribution is 0.461. The van der Waals surface area contributed by atoms with E-state index in [9.17, 15) is 39.2 Å². The topological polar surface area (TPSA) is 204 Å². The Bertz CT molecular complexity index is 1950. The molecule has 1 N–H and O–H groups in total. The number of aromatic nitrogens is 2. The van der Waals surface area contributed by atoms with Crippen LogP contribution in [0.2, 0.25) is 0 Å². The summed E-state index contributed by atoms with van der Waals surface area (Å²) in [5.74, 6) is 0. The number of benzene rings is 3. The summed E-state index contributed by atoms with van der Waals surface area (Å²) in [5, 5.41) is 0. The summed E-state index contributed by atoms with van der Waals surface area (Å²) in [6.07, 6.45) is 1.91. The summed E-state index contributed by atoms with van der Waals surface area (Å²) in [6, 6.07) is 22.7. The molecule has 0 unspecified atom stereocenters. The maximum Gasteiger partial charge on any atom is 1.00 e. The first-order chi connectivity index (χ1) is 21.2. The summed E-state index contributed by atoms with van der Waals surface area (Å²) in [6.45, 7) is 7.49. The molecule has 0 fully saturated rings. The molecule has 46 heavy (non-hydrogen) atoms. The zero-order valence-corrected chi connectivity index (χ0v) is 27.9. The lowest BCUT2D eigenvalue weighted by atomic mass is 10.1. The molecule has 0 aromatic heterocycles. The summed E-state index contributed by atoms with van der Waals surface area (Å²) in [4.78, 5) is 14.4. The van der Waals surface area contributed by atoms with Crippen molar-refractivity contribution < 1.29 is 41.8 Å². The van der Waals surface area contributed by atoms with Crippen LogP contribution in [0.15, 0.2) is 117 Å². The van der Waals surface area contributed by atoms with Crippen LogP contribution in [0.3, 0.4) is 0 Å². The van der Waals surface area contributed by atoms with Crippen molar-refractivity contribution in [2.24, 2.45) is 7.05 Å². The highest BCUT2D eigenvalue weighted by Gasteiger charge is 2.08. The van der Waals surface area contributed by atoms with Gasteiger partial charge < -0.3 is 13.7 Å². The molecule has 0 amide bonds. The predicted octanol–water partition coefficient (Wildman–Crippen LogP) is 4.46. The van der Waals surface area contributed by atoms with Gasteiger partial charge in [0.15, 0.2) is 0 Å². The third kappa shape index (κ3) is 12.3. The summed E-state index contributed by atoms with van der Waals surface area (Å²) in [5.41, 5.74) is 5.55. The molecule has 12 nitrogen and oxygen atoms in total. The number of hydrogen-bond donors (Lipinski definition) is 1. The van der Waals surface area contributed by atoms with Gasteiger partial charge in [-0.2, -0.15) is 8.42 Å². The van der Waals surface area contributed by atoms with Crippen LogP contribution in [-0.2, 0) is 37.4 Å². The van der Waals surface area contributed by atoms with E-state index >= 15 is 0 Å². The second-order valence-electron chi connectivity index (χ2n) is 9.92. The fourth-order valence-corrected chi connectivity index (χ4v) is 4.91. The van der Waals surface area contributed by atoms with Gasteiger partial charge in [-0.1, -0.05) is 53.1 Å². The van der Waals surface area contributed by atoms with Crippen molar-refractivity contribution in [3.05, 3.63) is 130 Å². The van der Waals surface area contributed by atoms with Gasteiger partial charge in [0.2, 0.25) is 0 Å². The fraction of sp³-hybridized carbons (Fsp3) is 0.161. The second kappa shape index (κ2) is 15.8. The lowest BCUT2D eigenvalue weighted by Gasteiger charge is -2.11. The molecule has 0 aliphatic carbocycles. The van der Waals surface area contributed by atoms with E-state index in [1.807, 2.05) is 57.6 Å². The van der Waals surface area contributed by atoms with Crippen LogP contribution in [0.5, 0.6) is 0 Å². The Morgan fingerprint density at radius 3 is 1.33 bits per heavy atom. The van der Waals surface area contributed by atoms with Crippen molar-refractivity contribution in [3.63, 3.8) is 0 Å². The van der Waals surface area contributed by atoms with Crippen LogP contribution in [0.4, 0.5) is 0 Å². The van der Waals surface area contributed by atoms with E-state index in [1.54, 1.807) is 36.4 Å². The molecule has 0 radical (unpaired) electrons. The van der Waals surface area contributed by atoms with Crippen LogP contribution >= 0.6 is 0 Å². The van der Waals surface area contributed by atoms with Gasteiger partial charge in [-0.05, 0) is 76.2 Å². The number of pyridine rings is 2. The Labute approximate surface area is 271 Å². The SMILES string of the molecule is Cc1c2ccc(=O)nc-2ccn1C.Cc1ccc(S(=O)(=O)O)cc1.Cc1ccc(S(=O)(=O)[O-])cc1.Cc1ccc(S(=O)(=O)[O-])cc1.[H+].[H+]. The first-order valence-corrected chi connectivity index (χ1v) is 17.5. The molecule has 5 rings (SSSR count). The summed E-state index contributed by atoms with van der Waals surface area (Å²) >= 11 is 0. The van der Waals surface area contributed by atoms with Crippen molar-refractivity contribution in [1.82, 2.24) is 9.55 Å². The fourth-order valence-electron chi connectivity index (χ4n) is 3.49. The van der Waals surface area contributed by atoms with E-state index < -0.39 is 30.4 Å². The zero-order chi connectivity index (χ0) is 34.9. The lowest BCUT2D eigenvalue weighted by Crippen LogP contribution is -2.08. The number of fused-ring (bicyclic) bond motifs is 1. The molecule has 3 aromatic rings. The van der Waals surface area contributed by atoms with E-state index in [0.717, 1.165) is 33.6 Å². The molecule has 0 atom stereocenters. The Morgan fingerprint density at radius 1 is 0.609 bits per heavy atom. The molecule has 0 saturated carbocycles. The average molecular weight is 691 g/mol. The van der Waals surface area contributed by atoms with Crippen LogP contribution in [-0.4, -0.2) is 48.5 Å². The third-order valence-corrected chi connectivity index (χ3v) is 8.78. The summed E-state index contributed by atoms with van der Waals surface area (Å²) < 4.78 is 93.9. The maximum atomic E-state index is 11.0. The third-order valence-electron chi connectivity index (χ3n) is 6.21. The van der Waals surface area contributed by atoms with Gasteiger partial charge in [-0.3, -0.25) is 9.35 Å². The van der Waals surface area contributed by atoms with E-state index in [0.29, 0.717) is 0 Å². The van der Waals surface area contributed by atoms with Crippen LogP contribution in [0.1, 0.15) is 25.2 Å². The minimum absolute atomic E-state index is 0. The highest BCUT2D eigenvalue weighted by Crippen LogP contribution is 2.20. The van der Waals surface area contributed by atoms with Gasteiger partial charge in [0, 0.05) is 30.6 Å². The van der Waals surface area contributed by atoms with Crippen molar-refractivity contribution in [2.45, 2.75) is 42.4 Å². The average Bonchev–Trinajstić information content (AvgIpc) is 2.95. The number of hydrogen-bond acceptors (Lipinski definition) is 10. The number of nitrogens with zero attached hydrogens (tertiary/aromatic N) is 2. The van der Waals surface area contributed by atoms with E-state index in [1.165, 1.54) is 42.5 Å². The molecule has 3 aromatic carbocycles. The molecule has 246 valence electrons. The van der Waals surface area contributed by atoms with Gasteiger partial charge in [0.1, 0.15) is 20.2 Å². The molecule has 0 bridgehead atoms. The highest BCUT2D eigenvalue weighted by molar-refractivity contribution is 7.86. The smallest absolute Gasteiger partial charge is 0.744 e. The molecule has 2 heterocycles. The highest BCUT2D eigenvalue weighted by atomic mass is 32.2. The molecule has 0 saturated heterocycles. The number of rotatable bonds is 3. The van der Waals surface area contributed by atoms with Crippen molar-refractivity contribution in [2.75, 3.05) is 0 Å². The standard InChI is InChI=1S/C10H10N2O.3C7H8O3S/c1-7-8-3-4-10(13)11-9(8)5-6-12(7)2;3*1-6-2-4-7(5-3-6)11(8,9)10/h3-6H,1-2H3;3*2-5H,1H3,(H,8,9,10). The second-order valence-corrected chi connectivity index (χ2v) is 14.1. The molecule has 15 heteroatoms. The van der Waals surface area contributed by atoms with Crippen molar-refractivity contribution in [1.29, 1.82) is 0 Å². The van der Waals surface area contributed by atoms with Gasteiger partial charge in [0.05, 0.1) is 20.4 Å². The maximum absolute atomic E-state index is 11.0. The first-order valence-electron chi connectivity index (χ1n) is 13.2. The van der Waals surface area contributed by atoms with Gasteiger partial charge in [-0.15, -0.1) is 0 Å². The van der Waals surface area contributed by atoms with Gasteiger partial charge in [0.25, 0.3) is 15.7 Å². The molecule has 0 spiro atoms. The van der Waals surface area contributed by atoms with E-state index in [-0.39, 0.29) is 23.1 Å². The minimum atomic E-state index is -4.27. The molecular weight excluding hydrogens is 657 g/mol. The van der Waals surface area contributed by atoms with E-state index in [4.69, 9.17) is 4.55 Å². The number of aryl methyl sites for hydroxylation is 4. The Morgan fingerprint density at radius 2 is 0.978 bits per heavy atom. The predicted molar refractivity (Wildman–Crippen MR) is 172 cm³/mol. The summed E-state index contributed by atoms with van der Waals surface area (Å²) in [7, 11) is -10.6. The van der Waals surface area contributed by atoms with Crippen molar-refractivity contribution in [3.8, 4) is 11.3 Å². The Hall–Kier alpha value is -4.25. The van der Waals surface area contributed by atoms with Crippen LogP contribution < -0.4 is 5.56 Å².